The van der Waals surface area contributed by atoms with Crippen LogP contribution < -0.4 is 5.73 Å². The van der Waals surface area contributed by atoms with Crippen molar-refractivity contribution in [2.75, 3.05) is 0 Å². The number of carbonyl (C=O) groups excluding carboxylic acids is 1. The van der Waals surface area contributed by atoms with Crippen molar-refractivity contribution in [3.63, 3.8) is 0 Å². The van der Waals surface area contributed by atoms with Crippen molar-refractivity contribution >= 4 is 20.6 Å². The minimum atomic E-state index is -0.143. The van der Waals surface area contributed by atoms with Crippen LogP contribution in [-0.4, -0.2) is 10.7 Å². The van der Waals surface area contributed by atoms with E-state index in [9.17, 15) is 4.79 Å². The molecule has 11 heavy (non-hydrogen) atoms. The molecule has 0 unspecified atom stereocenters. The third kappa shape index (κ3) is 2.03. The third-order valence-corrected chi connectivity index (χ3v) is 3.57. The second-order valence-corrected chi connectivity index (χ2v) is 4.39. The lowest BCUT2D eigenvalue weighted by molar-refractivity contribution is -0.119. The van der Waals surface area contributed by atoms with Gasteiger partial charge in [0.05, 0.1) is 0 Å². The third-order valence-electron chi connectivity index (χ3n) is 2.61. The summed E-state index contributed by atoms with van der Waals surface area (Å²) in [5, 5.41) is 0. The Morgan fingerprint density at radius 3 is 2.36 bits per heavy atom. The molecule has 1 aliphatic carbocycles. The van der Waals surface area contributed by atoms with Gasteiger partial charge < -0.3 is 5.73 Å². The van der Waals surface area contributed by atoms with E-state index < -0.39 is 0 Å². The zero-order chi connectivity index (χ0) is 8.48. The lowest BCUT2D eigenvalue weighted by atomic mass is 9.75. The molecule has 0 bridgehead atoms. The summed E-state index contributed by atoms with van der Waals surface area (Å²) in [6.07, 6.45) is 3.82. The maximum absolute atomic E-state index is 11.1. The highest BCUT2D eigenvalue weighted by Crippen LogP contribution is 2.37. The minimum absolute atomic E-state index is 0.136. The van der Waals surface area contributed by atoms with Crippen molar-refractivity contribution in [3.05, 3.63) is 0 Å². The van der Waals surface area contributed by atoms with E-state index in [1.54, 1.807) is 0 Å². The molecule has 0 atom stereocenters. The lowest BCUT2D eigenvalue weighted by Crippen LogP contribution is -2.35. The van der Waals surface area contributed by atoms with Gasteiger partial charge in [0.1, 0.15) is 0 Å². The number of hydrogen-bond donors (Lipinski definition) is 1. The molecule has 64 valence electrons. The predicted octanol–water partition coefficient (Wildman–Crippen LogP) is 1.82. The molecule has 0 aromatic carbocycles. The van der Waals surface area contributed by atoms with Gasteiger partial charge >= 0.3 is 0 Å². The van der Waals surface area contributed by atoms with Crippen molar-refractivity contribution in [1.29, 1.82) is 0 Å². The topological polar surface area (TPSA) is 43.1 Å². The van der Waals surface area contributed by atoms with Gasteiger partial charge in [-0.25, -0.2) is 0 Å². The smallest absolute Gasteiger partial charge is 0.203 e. The first-order valence-corrected chi connectivity index (χ1v) is 4.79. The Labute approximate surface area is 75.7 Å². The van der Waals surface area contributed by atoms with E-state index in [0.717, 1.165) is 25.7 Å². The first-order valence-electron chi connectivity index (χ1n) is 4.00. The van der Waals surface area contributed by atoms with Crippen molar-refractivity contribution in [1.82, 2.24) is 0 Å². The molecule has 1 rings (SSSR count). The second kappa shape index (κ2) is 3.23. The lowest BCUT2D eigenvalue weighted by Gasteiger charge is -2.32. The molecule has 0 radical (unpaired) electrons. The standard InChI is InChI=1S/C8H14BrNO/c1-8(7(9)11)4-2-6(10)3-5-8/h6H,2-5,10H2,1H3. The molecule has 2 nitrogen and oxygen atoms in total. The van der Waals surface area contributed by atoms with Crippen LogP contribution in [0.2, 0.25) is 0 Å². The molecular formula is C8H14BrNO. The Kier molecular flexibility index (Phi) is 2.70. The average molecular weight is 220 g/mol. The fraction of sp³-hybridized carbons (Fsp3) is 0.875. The van der Waals surface area contributed by atoms with Crippen LogP contribution in [0.5, 0.6) is 0 Å². The number of nitrogens with two attached hydrogens (primary N) is 1. The Morgan fingerprint density at radius 1 is 1.55 bits per heavy atom. The predicted molar refractivity (Wildman–Crippen MR) is 48.5 cm³/mol. The van der Waals surface area contributed by atoms with Crippen LogP contribution in [0, 0.1) is 5.41 Å². The molecule has 0 saturated heterocycles. The van der Waals surface area contributed by atoms with Gasteiger partial charge in [0.2, 0.25) is 4.69 Å². The number of hydrogen-bond acceptors (Lipinski definition) is 2. The minimum Gasteiger partial charge on any atom is -0.328 e. The zero-order valence-corrected chi connectivity index (χ0v) is 8.36. The SMILES string of the molecule is CC1(C(=O)Br)CCC(N)CC1. The van der Waals surface area contributed by atoms with Crippen LogP contribution in [-0.2, 0) is 4.79 Å². The quantitative estimate of drug-likeness (QED) is 0.685. The Balaban J connectivity index is 2.55. The summed E-state index contributed by atoms with van der Waals surface area (Å²) in [5.41, 5.74) is 5.59. The van der Waals surface area contributed by atoms with E-state index in [0.29, 0.717) is 6.04 Å². The molecule has 0 amide bonds. The van der Waals surface area contributed by atoms with Crippen LogP contribution in [0.3, 0.4) is 0 Å². The van der Waals surface area contributed by atoms with Gasteiger partial charge in [-0.2, -0.15) is 0 Å². The van der Waals surface area contributed by atoms with Crippen LogP contribution >= 0.6 is 15.9 Å². The van der Waals surface area contributed by atoms with Crippen molar-refractivity contribution < 1.29 is 4.79 Å². The van der Waals surface area contributed by atoms with Gasteiger partial charge in [-0.3, -0.25) is 4.79 Å². The molecule has 2 N–H and O–H groups in total. The van der Waals surface area contributed by atoms with Gasteiger partial charge in [0.25, 0.3) is 0 Å². The Morgan fingerprint density at radius 2 is 2.00 bits per heavy atom. The zero-order valence-electron chi connectivity index (χ0n) is 6.77. The summed E-state index contributed by atoms with van der Waals surface area (Å²) in [4.78, 5) is 11.1. The van der Waals surface area contributed by atoms with Crippen LogP contribution in [0.15, 0.2) is 0 Å². The highest BCUT2D eigenvalue weighted by molar-refractivity contribution is 9.18. The number of rotatable bonds is 1. The van der Waals surface area contributed by atoms with E-state index in [2.05, 4.69) is 15.9 Å². The fourth-order valence-corrected chi connectivity index (χ4v) is 1.87. The summed E-state index contributed by atoms with van der Waals surface area (Å²) in [7, 11) is 0. The van der Waals surface area contributed by atoms with E-state index >= 15 is 0 Å². The highest BCUT2D eigenvalue weighted by Gasteiger charge is 2.34. The molecule has 0 aromatic rings. The van der Waals surface area contributed by atoms with Gasteiger partial charge in [-0.15, -0.1) is 0 Å². The molecular weight excluding hydrogens is 206 g/mol. The molecule has 0 spiro atoms. The molecule has 1 aliphatic rings. The molecule has 1 saturated carbocycles. The van der Waals surface area contributed by atoms with Gasteiger partial charge in [0, 0.05) is 11.5 Å². The molecule has 0 aliphatic heterocycles. The van der Waals surface area contributed by atoms with E-state index in [1.807, 2.05) is 6.92 Å². The van der Waals surface area contributed by atoms with Crippen LogP contribution in [0.4, 0.5) is 0 Å². The largest absolute Gasteiger partial charge is 0.328 e. The second-order valence-electron chi connectivity index (χ2n) is 3.67. The van der Waals surface area contributed by atoms with Gasteiger partial charge in [-0.05, 0) is 41.6 Å². The Hall–Kier alpha value is 0.110. The summed E-state index contributed by atoms with van der Waals surface area (Å²) in [6.45, 7) is 2.01. The number of halogens is 1. The Bertz CT molecular complexity index is 161. The average Bonchev–Trinajstić information content (AvgIpc) is 1.95. The number of carbonyl (C=O) groups is 1. The van der Waals surface area contributed by atoms with Crippen LogP contribution in [0.25, 0.3) is 0 Å². The van der Waals surface area contributed by atoms with Gasteiger partial charge in [-0.1, -0.05) is 6.92 Å². The summed E-state index contributed by atoms with van der Waals surface area (Å²) >= 11 is 3.03. The molecule has 0 heterocycles. The first kappa shape index (κ1) is 9.20. The van der Waals surface area contributed by atoms with Gasteiger partial charge in [0.15, 0.2) is 0 Å². The summed E-state index contributed by atoms with van der Waals surface area (Å²) in [6, 6.07) is 0.315. The van der Waals surface area contributed by atoms with E-state index in [-0.39, 0.29) is 10.1 Å². The highest BCUT2D eigenvalue weighted by atomic mass is 79.9. The molecule has 1 fully saturated rings. The van der Waals surface area contributed by atoms with Crippen molar-refractivity contribution in [3.8, 4) is 0 Å². The molecule has 0 aromatic heterocycles. The van der Waals surface area contributed by atoms with E-state index in [4.69, 9.17) is 5.73 Å². The summed E-state index contributed by atoms with van der Waals surface area (Å²) in [5.74, 6) is 0. The van der Waals surface area contributed by atoms with Crippen LogP contribution in [0.1, 0.15) is 32.6 Å². The fourth-order valence-electron chi connectivity index (χ4n) is 1.47. The first-order chi connectivity index (χ1) is 5.04. The maximum atomic E-state index is 11.1. The maximum Gasteiger partial charge on any atom is 0.203 e. The monoisotopic (exact) mass is 219 g/mol. The molecule has 3 heteroatoms. The van der Waals surface area contributed by atoms with E-state index in [1.165, 1.54) is 0 Å². The van der Waals surface area contributed by atoms with Crippen molar-refractivity contribution in [2.24, 2.45) is 11.1 Å². The van der Waals surface area contributed by atoms with Crippen molar-refractivity contribution in [2.45, 2.75) is 38.6 Å². The normalized spacial score (nSPS) is 38.6. The summed E-state index contributed by atoms with van der Waals surface area (Å²) < 4.78 is 0.136.